The molecule has 1 aliphatic rings. The molecule has 0 atom stereocenters. The minimum absolute atomic E-state index is 0.0125. The Labute approximate surface area is 147 Å². The fourth-order valence-electron chi connectivity index (χ4n) is 2.24. The normalized spacial score (nSPS) is 17.1. The number of nitrogens with zero attached hydrogens (tertiary/aromatic N) is 2. The number of hydrogen-bond acceptors (Lipinski definition) is 6. The molecule has 2 aromatic carbocycles. The Hall–Kier alpha value is -3.13. The van der Waals surface area contributed by atoms with Gasteiger partial charge in [0.2, 0.25) is 0 Å². The molecule has 0 spiro atoms. The van der Waals surface area contributed by atoms with E-state index in [0.29, 0.717) is 21.3 Å². The predicted molar refractivity (Wildman–Crippen MR) is 96.7 cm³/mol. The third-order valence-corrected chi connectivity index (χ3v) is 4.33. The Morgan fingerprint density at radius 3 is 2.76 bits per heavy atom. The van der Waals surface area contributed by atoms with Crippen molar-refractivity contribution in [2.75, 3.05) is 0 Å². The maximum Gasteiger partial charge on any atom is 0.276 e. The van der Waals surface area contributed by atoms with Crippen LogP contribution in [0.5, 0.6) is 5.75 Å². The Kier molecular flexibility index (Phi) is 4.53. The number of nitrogens with one attached hydrogen (secondary N) is 1. The lowest BCUT2D eigenvalue weighted by atomic mass is 10.1. The van der Waals surface area contributed by atoms with E-state index in [0.717, 1.165) is 17.3 Å². The molecule has 1 heterocycles. The van der Waals surface area contributed by atoms with Crippen molar-refractivity contribution < 1.29 is 14.8 Å². The van der Waals surface area contributed by atoms with Crippen molar-refractivity contribution in [2.24, 2.45) is 4.99 Å². The molecular weight excluding hydrogens is 342 g/mol. The molecule has 2 aromatic rings. The first-order valence-corrected chi connectivity index (χ1v) is 8.08. The van der Waals surface area contributed by atoms with Crippen LogP contribution < -0.4 is 5.32 Å². The number of carbonyl (C=O) groups is 1. The number of nitro benzene ring substituents is 1. The molecule has 2 N–H and O–H groups in total. The number of nitro groups is 1. The summed E-state index contributed by atoms with van der Waals surface area (Å²) in [6, 6.07) is 11.2. The molecule has 8 heteroatoms. The van der Waals surface area contributed by atoms with E-state index >= 15 is 0 Å². The second-order valence-corrected chi connectivity index (χ2v) is 6.32. The number of aryl methyl sites for hydroxylation is 1. The van der Waals surface area contributed by atoms with E-state index in [-0.39, 0.29) is 11.4 Å². The minimum atomic E-state index is -0.497. The Morgan fingerprint density at radius 2 is 2.04 bits per heavy atom. The van der Waals surface area contributed by atoms with Crippen molar-refractivity contribution in [1.29, 1.82) is 0 Å². The summed E-state index contributed by atoms with van der Waals surface area (Å²) in [7, 11) is 0. The van der Waals surface area contributed by atoms with Crippen LogP contribution >= 0.6 is 11.8 Å². The SMILES string of the molecule is Cc1ccc(N=C2NC(=O)/C(=C/c3ccccc3[N+](=O)[O-])S2)c(O)c1. The van der Waals surface area contributed by atoms with Gasteiger partial charge >= 0.3 is 0 Å². The monoisotopic (exact) mass is 355 g/mol. The quantitative estimate of drug-likeness (QED) is 0.498. The lowest BCUT2D eigenvalue weighted by Gasteiger charge is -2.01. The second kappa shape index (κ2) is 6.78. The number of rotatable bonds is 3. The van der Waals surface area contributed by atoms with Crippen molar-refractivity contribution in [3.63, 3.8) is 0 Å². The van der Waals surface area contributed by atoms with Crippen LogP contribution in [-0.4, -0.2) is 21.1 Å². The summed E-state index contributed by atoms with van der Waals surface area (Å²) in [6.45, 7) is 1.84. The Bertz CT molecular complexity index is 937. The molecule has 0 aromatic heterocycles. The third kappa shape index (κ3) is 3.69. The molecule has 1 saturated heterocycles. The zero-order chi connectivity index (χ0) is 18.0. The average Bonchev–Trinajstić information content (AvgIpc) is 2.90. The van der Waals surface area contributed by atoms with Crippen molar-refractivity contribution in [3.8, 4) is 5.75 Å². The summed E-state index contributed by atoms with van der Waals surface area (Å²) in [5.41, 5.74) is 1.48. The van der Waals surface area contributed by atoms with E-state index in [2.05, 4.69) is 10.3 Å². The molecule has 126 valence electrons. The number of phenols is 1. The summed E-state index contributed by atoms with van der Waals surface area (Å²) >= 11 is 1.06. The molecule has 1 aliphatic heterocycles. The fraction of sp³-hybridized carbons (Fsp3) is 0.0588. The first-order valence-electron chi connectivity index (χ1n) is 7.26. The van der Waals surface area contributed by atoms with Gasteiger partial charge < -0.3 is 10.4 Å². The van der Waals surface area contributed by atoms with Gasteiger partial charge in [-0.25, -0.2) is 4.99 Å². The zero-order valence-corrected chi connectivity index (χ0v) is 13.9. The highest BCUT2D eigenvalue weighted by atomic mass is 32.2. The number of amides is 1. The van der Waals surface area contributed by atoms with Crippen molar-refractivity contribution >= 4 is 40.3 Å². The minimum Gasteiger partial charge on any atom is -0.506 e. The number of amidine groups is 1. The first kappa shape index (κ1) is 16.7. The number of phenolic OH excluding ortho intramolecular Hbond substituents is 1. The number of hydrogen-bond donors (Lipinski definition) is 2. The van der Waals surface area contributed by atoms with E-state index < -0.39 is 10.8 Å². The van der Waals surface area contributed by atoms with Gasteiger partial charge in [0.1, 0.15) is 11.4 Å². The van der Waals surface area contributed by atoms with Crippen LogP contribution in [0.1, 0.15) is 11.1 Å². The van der Waals surface area contributed by atoms with Gasteiger partial charge in [-0.05, 0) is 48.5 Å². The van der Waals surface area contributed by atoms with Crippen LogP contribution in [0.25, 0.3) is 6.08 Å². The van der Waals surface area contributed by atoms with Gasteiger partial charge in [0.15, 0.2) is 5.17 Å². The highest BCUT2D eigenvalue weighted by Crippen LogP contribution is 2.33. The Balaban J connectivity index is 1.90. The summed E-state index contributed by atoms with van der Waals surface area (Å²) in [6.07, 6.45) is 1.45. The van der Waals surface area contributed by atoms with E-state index in [9.17, 15) is 20.0 Å². The lowest BCUT2D eigenvalue weighted by molar-refractivity contribution is -0.385. The number of benzene rings is 2. The Morgan fingerprint density at radius 1 is 1.28 bits per heavy atom. The fourth-order valence-corrected chi connectivity index (χ4v) is 3.06. The van der Waals surface area contributed by atoms with E-state index in [4.69, 9.17) is 0 Å². The van der Waals surface area contributed by atoms with Gasteiger partial charge in [-0.2, -0.15) is 0 Å². The van der Waals surface area contributed by atoms with Gasteiger partial charge in [-0.1, -0.05) is 18.2 Å². The molecule has 0 unspecified atom stereocenters. The molecule has 0 saturated carbocycles. The highest BCUT2D eigenvalue weighted by Gasteiger charge is 2.25. The molecule has 25 heavy (non-hydrogen) atoms. The van der Waals surface area contributed by atoms with E-state index in [1.807, 2.05) is 6.92 Å². The molecule has 0 aliphatic carbocycles. The number of thioether (sulfide) groups is 1. The molecule has 1 amide bonds. The smallest absolute Gasteiger partial charge is 0.276 e. The van der Waals surface area contributed by atoms with Crippen molar-refractivity contribution in [1.82, 2.24) is 5.32 Å². The lowest BCUT2D eigenvalue weighted by Crippen LogP contribution is -2.19. The van der Waals surface area contributed by atoms with Crippen LogP contribution in [0.4, 0.5) is 11.4 Å². The van der Waals surface area contributed by atoms with Gasteiger partial charge in [0.25, 0.3) is 11.6 Å². The summed E-state index contributed by atoms with van der Waals surface area (Å²) < 4.78 is 0. The second-order valence-electron chi connectivity index (χ2n) is 5.29. The summed E-state index contributed by atoms with van der Waals surface area (Å²) in [5.74, 6) is -0.382. The van der Waals surface area contributed by atoms with Crippen LogP contribution in [0, 0.1) is 17.0 Å². The van der Waals surface area contributed by atoms with Gasteiger partial charge in [0, 0.05) is 6.07 Å². The number of aromatic hydroxyl groups is 1. The summed E-state index contributed by atoms with van der Waals surface area (Å²) in [4.78, 5) is 27.2. The van der Waals surface area contributed by atoms with E-state index in [1.54, 1.807) is 36.4 Å². The first-order chi connectivity index (χ1) is 11.9. The van der Waals surface area contributed by atoms with Gasteiger partial charge in [-0.15, -0.1) is 0 Å². The number of para-hydroxylation sites is 1. The van der Waals surface area contributed by atoms with Crippen molar-refractivity contribution in [2.45, 2.75) is 6.92 Å². The van der Waals surface area contributed by atoms with Gasteiger partial charge in [-0.3, -0.25) is 14.9 Å². The van der Waals surface area contributed by atoms with Crippen LogP contribution in [0.15, 0.2) is 52.4 Å². The molecule has 3 rings (SSSR count). The van der Waals surface area contributed by atoms with Crippen LogP contribution in [0.3, 0.4) is 0 Å². The predicted octanol–water partition coefficient (Wildman–Crippen LogP) is 3.50. The van der Waals surface area contributed by atoms with E-state index in [1.165, 1.54) is 12.1 Å². The maximum atomic E-state index is 12.1. The molecule has 0 radical (unpaired) electrons. The standard InChI is InChI=1S/C17H13N3O4S/c1-10-6-7-12(14(21)8-10)18-17-19-16(22)15(25-17)9-11-4-2-3-5-13(11)20(23)24/h2-9,21H,1H3,(H,18,19,22)/b15-9-. The highest BCUT2D eigenvalue weighted by molar-refractivity contribution is 8.18. The van der Waals surface area contributed by atoms with Gasteiger partial charge in [0.05, 0.1) is 15.4 Å². The summed E-state index contributed by atoms with van der Waals surface area (Å²) in [5, 5.41) is 23.9. The number of aliphatic imine (C=N–C) groups is 1. The maximum absolute atomic E-state index is 12.1. The largest absolute Gasteiger partial charge is 0.506 e. The van der Waals surface area contributed by atoms with Crippen molar-refractivity contribution in [3.05, 3.63) is 68.6 Å². The average molecular weight is 355 g/mol. The number of carbonyl (C=O) groups excluding carboxylic acids is 1. The topological polar surface area (TPSA) is 105 Å². The molecular formula is C17H13N3O4S. The zero-order valence-electron chi connectivity index (χ0n) is 13.1. The molecule has 7 nitrogen and oxygen atoms in total. The molecule has 1 fully saturated rings. The molecule has 0 bridgehead atoms. The van der Waals surface area contributed by atoms with Crippen LogP contribution in [-0.2, 0) is 4.79 Å². The van der Waals surface area contributed by atoms with Crippen LogP contribution in [0.2, 0.25) is 0 Å². The third-order valence-electron chi connectivity index (χ3n) is 3.42.